The molecule has 0 aliphatic carbocycles. The van der Waals surface area contributed by atoms with E-state index in [9.17, 15) is 22.8 Å². The van der Waals surface area contributed by atoms with Gasteiger partial charge in [0, 0.05) is 22.7 Å². The van der Waals surface area contributed by atoms with Crippen LogP contribution in [0.2, 0.25) is 0 Å². The molecule has 0 spiro atoms. The highest BCUT2D eigenvalue weighted by molar-refractivity contribution is 7.12. The summed E-state index contributed by atoms with van der Waals surface area (Å²) in [7, 11) is 3.33. The largest absolute Gasteiger partial charge is 0.488 e. The zero-order chi connectivity index (χ0) is 26.0. The average Bonchev–Trinajstić information content (AvgIpc) is 3.45. The van der Waals surface area contributed by atoms with E-state index in [-0.39, 0.29) is 24.5 Å². The van der Waals surface area contributed by atoms with Crippen LogP contribution in [-0.2, 0) is 28.8 Å². The Kier molecular flexibility index (Phi) is 7.37. The van der Waals surface area contributed by atoms with Crippen LogP contribution in [0, 0.1) is 0 Å². The maximum absolute atomic E-state index is 13.6. The Labute approximate surface area is 210 Å². The minimum absolute atomic E-state index is 0.0245. The highest BCUT2D eigenvalue weighted by Crippen LogP contribution is 2.43. The third-order valence-corrected chi connectivity index (χ3v) is 7.15. The van der Waals surface area contributed by atoms with Crippen molar-refractivity contribution in [3.63, 3.8) is 0 Å². The molecular formula is C26H25F3N2O4S. The Bertz CT molecular complexity index is 1260. The second-order valence-corrected chi connectivity index (χ2v) is 9.85. The molecule has 0 unspecified atom stereocenters. The lowest BCUT2D eigenvalue weighted by Crippen LogP contribution is -2.46. The molecule has 1 aromatic heterocycles. The summed E-state index contributed by atoms with van der Waals surface area (Å²) in [6.45, 7) is 0.394. The molecule has 190 valence electrons. The summed E-state index contributed by atoms with van der Waals surface area (Å²) >= 11 is 0.665. The molecule has 2 aromatic carbocycles. The lowest BCUT2D eigenvalue weighted by molar-refractivity contribution is -0.140. The van der Waals surface area contributed by atoms with Crippen LogP contribution in [-0.4, -0.2) is 48.6 Å². The van der Waals surface area contributed by atoms with Gasteiger partial charge in [0.15, 0.2) is 0 Å². The number of benzene rings is 2. The van der Waals surface area contributed by atoms with Crippen LogP contribution in [0.25, 0.3) is 11.1 Å². The third kappa shape index (κ3) is 5.55. The van der Waals surface area contributed by atoms with Gasteiger partial charge in [-0.3, -0.25) is 14.5 Å². The lowest BCUT2D eigenvalue weighted by atomic mass is 10.1. The predicted octanol–water partition coefficient (Wildman–Crippen LogP) is 5.31. The van der Waals surface area contributed by atoms with Crippen molar-refractivity contribution in [2.75, 3.05) is 25.5 Å². The number of likely N-dealkylation sites (N-methyl/N-ethyl adjacent to an activating group) is 1. The molecule has 1 N–H and O–H groups in total. The summed E-state index contributed by atoms with van der Waals surface area (Å²) in [6.07, 6.45) is -4.20. The highest BCUT2D eigenvalue weighted by Gasteiger charge is 2.36. The maximum Gasteiger partial charge on any atom is 0.426 e. The van der Waals surface area contributed by atoms with Gasteiger partial charge in [0.05, 0.1) is 12.5 Å². The quantitative estimate of drug-likeness (QED) is 0.438. The van der Waals surface area contributed by atoms with Crippen LogP contribution in [0.15, 0.2) is 54.6 Å². The molecule has 1 aliphatic rings. The zero-order valence-electron chi connectivity index (χ0n) is 19.7. The van der Waals surface area contributed by atoms with Gasteiger partial charge in [-0.05, 0) is 55.9 Å². The second-order valence-electron chi connectivity index (χ2n) is 8.72. The standard InChI is InChI=1S/C26H25F3N2O4S/c1-30(2)22(14-23(32)33)25(34)31-11-10-17-12-18(8-9-21(17)31)35-15-19-13-20(16-6-4-3-5-7-16)24(36-19)26(27,28)29/h3-9,12-13,22H,10-11,14-15H2,1-2H3,(H,32,33)/t22-/m1/s1. The van der Waals surface area contributed by atoms with E-state index < -0.39 is 23.1 Å². The molecule has 4 rings (SSSR count). The van der Waals surface area contributed by atoms with Crippen molar-refractivity contribution >= 4 is 28.9 Å². The molecule has 0 bridgehead atoms. The van der Waals surface area contributed by atoms with E-state index in [1.54, 1.807) is 72.4 Å². The molecule has 0 saturated carbocycles. The number of halogens is 3. The Balaban J connectivity index is 1.50. The van der Waals surface area contributed by atoms with Crippen molar-refractivity contribution in [2.45, 2.75) is 31.7 Å². The first-order valence-corrected chi connectivity index (χ1v) is 12.1. The van der Waals surface area contributed by atoms with E-state index in [4.69, 9.17) is 9.84 Å². The Hall–Kier alpha value is -3.37. The predicted molar refractivity (Wildman–Crippen MR) is 131 cm³/mol. The number of carbonyl (C=O) groups excluding carboxylic acids is 1. The molecular weight excluding hydrogens is 493 g/mol. The van der Waals surface area contributed by atoms with Crippen molar-refractivity contribution in [1.29, 1.82) is 0 Å². The number of carboxylic acids is 1. The molecule has 1 aliphatic heterocycles. The summed E-state index contributed by atoms with van der Waals surface area (Å²) in [5.41, 5.74) is 2.17. The van der Waals surface area contributed by atoms with Crippen LogP contribution in [0.1, 0.15) is 21.7 Å². The smallest absolute Gasteiger partial charge is 0.426 e. The number of hydrogen-bond acceptors (Lipinski definition) is 5. The van der Waals surface area contributed by atoms with Crippen molar-refractivity contribution in [3.05, 3.63) is 69.9 Å². The van der Waals surface area contributed by atoms with E-state index in [2.05, 4.69) is 0 Å². The molecule has 2 heterocycles. The number of rotatable bonds is 8. The number of alkyl halides is 3. The van der Waals surface area contributed by atoms with Crippen LogP contribution in [0.4, 0.5) is 18.9 Å². The van der Waals surface area contributed by atoms with Crippen LogP contribution >= 0.6 is 11.3 Å². The van der Waals surface area contributed by atoms with Gasteiger partial charge in [0.2, 0.25) is 5.91 Å². The van der Waals surface area contributed by atoms with Crippen molar-refractivity contribution in [3.8, 4) is 16.9 Å². The topological polar surface area (TPSA) is 70.1 Å². The summed E-state index contributed by atoms with van der Waals surface area (Å²) in [5.74, 6) is -0.856. The SMILES string of the molecule is CN(C)[C@H](CC(=O)O)C(=O)N1CCc2cc(OCc3cc(-c4ccccc4)c(C(F)(F)F)s3)ccc21. The minimum atomic E-state index is -4.47. The number of anilines is 1. The van der Waals surface area contributed by atoms with Gasteiger partial charge in [0.25, 0.3) is 0 Å². The number of fused-ring (bicyclic) bond motifs is 1. The molecule has 1 amide bonds. The first kappa shape index (κ1) is 25.7. The van der Waals surface area contributed by atoms with Crippen LogP contribution in [0.3, 0.4) is 0 Å². The number of carboxylic acid groups (broad SMARTS) is 1. The van der Waals surface area contributed by atoms with Crippen LogP contribution < -0.4 is 9.64 Å². The summed E-state index contributed by atoms with van der Waals surface area (Å²) in [5, 5.41) is 9.16. The van der Waals surface area contributed by atoms with Crippen molar-refractivity contribution in [1.82, 2.24) is 4.90 Å². The molecule has 36 heavy (non-hydrogen) atoms. The molecule has 0 fully saturated rings. The zero-order valence-corrected chi connectivity index (χ0v) is 20.5. The Morgan fingerprint density at radius 2 is 1.86 bits per heavy atom. The molecule has 10 heteroatoms. The number of aliphatic carboxylic acids is 1. The number of ether oxygens (including phenoxy) is 1. The van der Waals surface area contributed by atoms with Crippen LogP contribution in [0.5, 0.6) is 5.75 Å². The van der Waals surface area contributed by atoms with Gasteiger partial charge in [-0.2, -0.15) is 13.2 Å². The number of amides is 1. The number of carbonyl (C=O) groups is 2. The van der Waals surface area contributed by atoms with E-state index in [0.717, 1.165) is 5.56 Å². The average molecular weight is 519 g/mol. The van der Waals surface area contributed by atoms with E-state index in [1.807, 2.05) is 0 Å². The summed E-state index contributed by atoms with van der Waals surface area (Å²) in [4.78, 5) is 27.2. The van der Waals surface area contributed by atoms with Gasteiger partial charge >= 0.3 is 12.1 Å². The van der Waals surface area contributed by atoms with Gasteiger partial charge in [-0.25, -0.2) is 0 Å². The first-order chi connectivity index (χ1) is 17.0. The fourth-order valence-electron chi connectivity index (χ4n) is 4.24. The fourth-order valence-corrected chi connectivity index (χ4v) is 5.20. The van der Waals surface area contributed by atoms with Crippen molar-refractivity contribution < 1.29 is 32.6 Å². The van der Waals surface area contributed by atoms with E-state index in [1.165, 1.54) is 6.07 Å². The summed E-state index contributed by atoms with van der Waals surface area (Å²) < 4.78 is 46.7. The number of thiophene rings is 1. The maximum atomic E-state index is 13.6. The Morgan fingerprint density at radius 3 is 2.50 bits per heavy atom. The molecule has 6 nitrogen and oxygen atoms in total. The molecule has 0 saturated heterocycles. The third-order valence-electron chi connectivity index (χ3n) is 6.00. The van der Waals surface area contributed by atoms with Gasteiger partial charge in [0.1, 0.15) is 17.2 Å². The summed E-state index contributed by atoms with van der Waals surface area (Å²) in [6, 6.07) is 14.3. The van der Waals surface area contributed by atoms with Gasteiger partial charge in [-0.15, -0.1) is 11.3 Å². The van der Waals surface area contributed by atoms with Gasteiger partial charge in [-0.1, -0.05) is 30.3 Å². The monoisotopic (exact) mass is 518 g/mol. The lowest BCUT2D eigenvalue weighted by Gasteiger charge is -2.27. The fraction of sp³-hybridized carbons (Fsp3) is 0.308. The van der Waals surface area contributed by atoms with E-state index in [0.29, 0.717) is 46.2 Å². The second kappa shape index (κ2) is 10.3. The number of nitrogens with zero attached hydrogens (tertiary/aromatic N) is 2. The normalized spacial score (nSPS) is 14.1. The minimum Gasteiger partial charge on any atom is -0.488 e. The molecule has 0 radical (unpaired) electrons. The molecule has 1 atom stereocenters. The van der Waals surface area contributed by atoms with Gasteiger partial charge < -0.3 is 14.7 Å². The van der Waals surface area contributed by atoms with Crippen molar-refractivity contribution in [2.24, 2.45) is 0 Å². The molecule has 3 aromatic rings. The number of hydrogen-bond donors (Lipinski definition) is 1. The highest BCUT2D eigenvalue weighted by atomic mass is 32.1. The van der Waals surface area contributed by atoms with E-state index >= 15 is 0 Å². The Morgan fingerprint density at radius 1 is 1.14 bits per heavy atom. The first-order valence-electron chi connectivity index (χ1n) is 11.2.